The predicted molar refractivity (Wildman–Crippen MR) is 78.7 cm³/mol. The zero-order valence-corrected chi connectivity index (χ0v) is 12.1. The zero-order chi connectivity index (χ0) is 13.7. The van der Waals surface area contributed by atoms with E-state index < -0.39 is 0 Å². The summed E-state index contributed by atoms with van der Waals surface area (Å²) in [5.41, 5.74) is 1.09. The van der Waals surface area contributed by atoms with Crippen LogP contribution in [0.3, 0.4) is 0 Å². The first-order valence-corrected chi connectivity index (χ1v) is 7.46. The maximum atomic E-state index is 9.72. The number of benzene rings is 1. The number of likely N-dealkylation sites (tertiary alicyclic amines) is 1. The summed E-state index contributed by atoms with van der Waals surface area (Å²) in [4.78, 5) is 2.43. The van der Waals surface area contributed by atoms with E-state index in [9.17, 15) is 5.26 Å². The van der Waals surface area contributed by atoms with Crippen LogP contribution in [0.5, 0.6) is 0 Å². The topological polar surface area (TPSA) is 27.0 Å². The van der Waals surface area contributed by atoms with Gasteiger partial charge in [-0.1, -0.05) is 50.1 Å². The largest absolute Gasteiger partial charge is 0.279 e. The quantitative estimate of drug-likeness (QED) is 0.785. The van der Waals surface area contributed by atoms with E-state index in [1.165, 1.54) is 5.56 Å². The molecule has 1 heterocycles. The molecule has 19 heavy (non-hydrogen) atoms. The Morgan fingerprint density at radius 2 is 2.11 bits per heavy atom. The zero-order valence-electron chi connectivity index (χ0n) is 12.1. The maximum Gasteiger partial charge on any atom is 0.109 e. The summed E-state index contributed by atoms with van der Waals surface area (Å²) in [6.07, 6.45) is 5.49. The van der Waals surface area contributed by atoms with Gasteiger partial charge in [0.05, 0.1) is 6.07 Å². The summed E-state index contributed by atoms with van der Waals surface area (Å²) in [6, 6.07) is 13.5. The van der Waals surface area contributed by atoms with Crippen LogP contribution in [0.15, 0.2) is 30.3 Å². The Balaban J connectivity index is 2.20. The molecule has 2 rings (SSSR count). The number of nitrogens with zero attached hydrogens (tertiary/aromatic N) is 2. The summed E-state index contributed by atoms with van der Waals surface area (Å²) in [5, 5.41) is 9.72. The monoisotopic (exact) mass is 256 g/mol. The average Bonchev–Trinajstić information content (AvgIpc) is 2.89. The van der Waals surface area contributed by atoms with Gasteiger partial charge in [0, 0.05) is 12.6 Å². The molecule has 0 aromatic heterocycles. The number of hydrogen-bond donors (Lipinski definition) is 0. The molecule has 0 radical (unpaired) electrons. The van der Waals surface area contributed by atoms with E-state index in [1.54, 1.807) is 0 Å². The normalized spacial score (nSPS) is 25.1. The van der Waals surface area contributed by atoms with Crippen molar-refractivity contribution in [3.05, 3.63) is 35.9 Å². The van der Waals surface area contributed by atoms with Crippen LogP contribution in [0.4, 0.5) is 0 Å². The highest BCUT2D eigenvalue weighted by molar-refractivity contribution is 5.22. The van der Waals surface area contributed by atoms with Crippen LogP contribution in [-0.2, 0) is 0 Å². The van der Waals surface area contributed by atoms with E-state index >= 15 is 0 Å². The number of rotatable bonds is 5. The van der Waals surface area contributed by atoms with Crippen molar-refractivity contribution in [1.82, 2.24) is 4.90 Å². The molecule has 1 aliphatic heterocycles. The van der Waals surface area contributed by atoms with Gasteiger partial charge >= 0.3 is 0 Å². The van der Waals surface area contributed by atoms with Crippen LogP contribution >= 0.6 is 0 Å². The highest BCUT2D eigenvalue weighted by atomic mass is 15.2. The van der Waals surface area contributed by atoms with Gasteiger partial charge in [0.1, 0.15) is 5.54 Å². The van der Waals surface area contributed by atoms with Gasteiger partial charge < -0.3 is 0 Å². The Morgan fingerprint density at radius 3 is 2.74 bits per heavy atom. The first-order valence-electron chi connectivity index (χ1n) is 7.46. The van der Waals surface area contributed by atoms with E-state index in [0.29, 0.717) is 6.04 Å². The predicted octanol–water partition coefficient (Wildman–Crippen LogP) is 4.30. The molecule has 0 spiro atoms. The molecule has 0 saturated carbocycles. The van der Waals surface area contributed by atoms with Crippen molar-refractivity contribution in [3.8, 4) is 6.07 Å². The lowest BCUT2D eigenvalue weighted by Gasteiger charge is -2.37. The Morgan fingerprint density at radius 1 is 1.37 bits per heavy atom. The van der Waals surface area contributed by atoms with Gasteiger partial charge in [-0.2, -0.15) is 5.26 Å². The summed E-state index contributed by atoms with van der Waals surface area (Å²) < 4.78 is 0. The highest BCUT2D eigenvalue weighted by Gasteiger charge is 2.43. The van der Waals surface area contributed by atoms with E-state index in [-0.39, 0.29) is 5.54 Å². The fraction of sp³-hybridized carbons (Fsp3) is 0.588. The van der Waals surface area contributed by atoms with Gasteiger partial charge in [0.2, 0.25) is 0 Å². The third kappa shape index (κ3) is 2.82. The summed E-state index contributed by atoms with van der Waals surface area (Å²) in [6.45, 7) is 5.48. The van der Waals surface area contributed by atoms with Crippen LogP contribution in [-0.4, -0.2) is 17.0 Å². The molecule has 0 aliphatic carbocycles. The van der Waals surface area contributed by atoms with E-state index in [4.69, 9.17) is 0 Å². The lowest BCUT2D eigenvalue weighted by molar-refractivity contribution is 0.129. The lowest BCUT2D eigenvalue weighted by Crippen LogP contribution is -2.44. The summed E-state index contributed by atoms with van der Waals surface area (Å²) in [7, 11) is 0. The van der Waals surface area contributed by atoms with E-state index in [1.807, 2.05) is 0 Å². The minimum atomic E-state index is -0.231. The van der Waals surface area contributed by atoms with Crippen molar-refractivity contribution in [1.29, 1.82) is 5.26 Å². The van der Waals surface area contributed by atoms with Gasteiger partial charge in [0.15, 0.2) is 0 Å². The molecule has 1 fully saturated rings. The van der Waals surface area contributed by atoms with Crippen molar-refractivity contribution in [2.75, 3.05) is 6.54 Å². The number of unbranched alkanes of at least 4 members (excludes halogenated alkanes) is 1. The van der Waals surface area contributed by atoms with Crippen LogP contribution in [0.2, 0.25) is 0 Å². The van der Waals surface area contributed by atoms with Crippen LogP contribution < -0.4 is 0 Å². The third-order valence-corrected chi connectivity index (χ3v) is 4.44. The second-order valence-corrected chi connectivity index (χ2v) is 5.63. The molecule has 1 aromatic carbocycles. The Bertz CT molecular complexity index is 434. The Labute approximate surface area is 117 Å². The van der Waals surface area contributed by atoms with Crippen LogP contribution in [0.25, 0.3) is 0 Å². The van der Waals surface area contributed by atoms with Crippen molar-refractivity contribution >= 4 is 0 Å². The van der Waals surface area contributed by atoms with Gasteiger partial charge in [-0.3, -0.25) is 4.90 Å². The molecular weight excluding hydrogens is 232 g/mol. The van der Waals surface area contributed by atoms with Gasteiger partial charge in [-0.15, -0.1) is 0 Å². The molecule has 2 unspecified atom stereocenters. The average molecular weight is 256 g/mol. The first kappa shape index (κ1) is 14.1. The molecule has 0 amide bonds. The van der Waals surface area contributed by atoms with E-state index in [2.05, 4.69) is 55.1 Å². The SMILES string of the molecule is CCCCC1(C#N)CCCN1C(C)c1ccccc1. The fourth-order valence-corrected chi connectivity index (χ4v) is 3.29. The minimum absolute atomic E-state index is 0.231. The Hall–Kier alpha value is -1.33. The van der Waals surface area contributed by atoms with Gasteiger partial charge in [0.25, 0.3) is 0 Å². The van der Waals surface area contributed by atoms with Gasteiger partial charge in [-0.05, 0) is 31.7 Å². The number of hydrogen-bond acceptors (Lipinski definition) is 2. The maximum absolute atomic E-state index is 9.72. The molecule has 2 nitrogen and oxygen atoms in total. The summed E-state index contributed by atoms with van der Waals surface area (Å²) >= 11 is 0. The second-order valence-electron chi connectivity index (χ2n) is 5.63. The Kier molecular flexibility index (Phi) is 4.61. The first-order chi connectivity index (χ1) is 9.23. The second kappa shape index (κ2) is 6.21. The third-order valence-electron chi connectivity index (χ3n) is 4.44. The van der Waals surface area contributed by atoms with Crippen molar-refractivity contribution in [2.45, 2.75) is 57.5 Å². The standard InChI is InChI=1S/C17H24N2/c1-3-4-11-17(14-18)12-8-13-19(17)15(2)16-9-6-5-7-10-16/h5-7,9-10,15H,3-4,8,11-13H2,1-2H3. The minimum Gasteiger partial charge on any atom is -0.279 e. The van der Waals surface area contributed by atoms with Crippen LogP contribution in [0, 0.1) is 11.3 Å². The fourth-order valence-electron chi connectivity index (χ4n) is 3.29. The summed E-state index contributed by atoms with van der Waals surface area (Å²) in [5.74, 6) is 0. The van der Waals surface area contributed by atoms with Crippen molar-refractivity contribution in [3.63, 3.8) is 0 Å². The molecule has 1 aromatic rings. The van der Waals surface area contributed by atoms with E-state index in [0.717, 1.165) is 38.6 Å². The molecule has 0 bridgehead atoms. The van der Waals surface area contributed by atoms with Crippen molar-refractivity contribution < 1.29 is 0 Å². The molecular formula is C17H24N2. The van der Waals surface area contributed by atoms with Crippen LogP contribution in [0.1, 0.15) is 57.6 Å². The molecule has 0 N–H and O–H groups in total. The van der Waals surface area contributed by atoms with Gasteiger partial charge in [-0.25, -0.2) is 0 Å². The molecule has 1 aliphatic rings. The molecule has 2 heteroatoms. The smallest absolute Gasteiger partial charge is 0.109 e. The van der Waals surface area contributed by atoms with Crippen molar-refractivity contribution in [2.24, 2.45) is 0 Å². The lowest BCUT2D eigenvalue weighted by atomic mass is 9.89. The molecule has 102 valence electrons. The molecule has 2 atom stereocenters. The molecule has 1 saturated heterocycles. The number of nitriles is 1. The highest BCUT2D eigenvalue weighted by Crippen LogP contribution is 2.39.